The second-order valence-corrected chi connectivity index (χ2v) is 8.92. The molecule has 2 aliphatic heterocycles. The highest BCUT2D eigenvalue weighted by Crippen LogP contribution is 2.39. The highest BCUT2D eigenvalue weighted by Gasteiger charge is 2.44. The molecule has 2 amide bonds. The van der Waals surface area contributed by atoms with Crippen LogP contribution in [0.2, 0.25) is 0 Å². The topological polar surface area (TPSA) is 95.7 Å². The molecule has 2 fully saturated rings. The molecule has 2 aromatic carbocycles. The average Bonchev–Trinajstić information content (AvgIpc) is 3.39. The molecule has 176 valence electrons. The summed E-state index contributed by atoms with van der Waals surface area (Å²) in [6, 6.07) is 9.48. The maximum atomic E-state index is 14.6. The standard InChI is InChI=1S/C25H24F2N4O3/c26-15-5-1-4-14(10-15)24(17-11-21(17)32)29-25(34)23-16-6-2-7-19(27)18(16)12-31(28)20(23)13-30-9-3-8-22(30)33/h1-2,4-7,10,17,24H,3,8-9,11-13,28H2,(H,29,34)/t17?,24-/m1/s1. The van der Waals surface area contributed by atoms with Gasteiger partial charge in [0, 0.05) is 30.9 Å². The molecule has 1 saturated carbocycles. The largest absolute Gasteiger partial charge is 0.344 e. The number of halogens is 2. The van der Waals surface area contributed by atoms with E-state index in [1.54, 1.807) is 17.0 Å². The lowest BCUT2D eigenvalue weighted by atomic mass is 9.92. The van der Waals surface area contributed by atoms with E-state index in [0.29, 0.717) is 29.8 Å². The van der Waals surface area contributed by atoms with E-state index in [0.717, 1.165) is 6.42 Å². The van der Waals surface area contributed by atoms with Gasteiger partial charge in [-0.05, 0) is 35.7 Å². The van der Waals surface area contributed by atoms with E-state index >= 15 is 0 Å². The van der Waals surface area contributed by atoms with Gasteiger partial charge >= 0.3 is 0 Å². The normalized spacial score (nSPS) is 20.5. The number of hydrogen-bond acceptors (Lipinski definition) is 5. The van der Waals surface area contributed by atoms with E-state index in [1.807, 2.05) is 0 Å². The summed E-state index contributed by atoms with van der Waals surface area (Å²) in [6.45, 7) is 0.704. The second kappa shape index (κ2) is 8.64. The molecule has 2 aromatic rings. The van der Waals surface area contributed by atoms with Crippen LogP contribution in [0.25, 0.3) is 5.57 Å². The fraction of sp³-hybridized carbons (Fsp3) is 0.320. The molecule has 1 saturated heterocycles. The Morgan fingerprint density at radius 2 is 1.94 bits per heavy atom. The van der Waals surface area contributed by atoms with Crippen molar-refractivity contribution in [3.05, 3.63) is 76.5 Å². The predicted molar refractivity (Wildman–Crippen MR) is 119 cm³/mol. The lowest BCUT2D eigenvalue weighted by Crippen LogP contribution is -2.43. The number of likely N-dealkylation sites (tertiary alicyclic amines) is 1. The summed E-state index contributed by atoms with van der Waals surface area (Å²) in [5, 5.41) is 4.17. The number of nitrogens with two attached hydrogens (primary N) is 1. The van der Waals surface area contributed by atoms with Gasteiger partial charge in [0.25, 0.3) is 5.91 Å². The van der Waals surface area contributed by atoms with E-state index in [9.17, 15) is 23.2 Å². The Morgan fingerprint density at radius 3 is 2.62 bits per heavy atom. The van der Waals surface area contributed by atoms with Crippen LogP contribution in [0, 0.1) is 17.6 Å². The number of hydrazine groups is 1. The first-order chi connectivity index (χ1) is 16.3. The Labute approximate surface area is 195 Å². The van der Waals surface area contributed by atoms with Gasteiger partial charge in [0.15, 0.2) is 0 Å². The summed E-state index contributed by atoms with van der Waals surface area (Å²) in [4.78, 5) is 39.6. The maximum absolute atomic E-state index is 14.6. The number of nitrogens with one attached hydrogen (secondary N) is 1. The van der Waals surface area contributed by atoms with Crippen molar-refractivity contribution in [3.63, 3.8) is 0 Å². The maximum Gasteiger partial charge on any atom is 0.254 e. The highest BCUT2D eigenvalue weighted by atomic mass is 19.1. The number of rotatable bonds is 6. The lowest BCUT2D eigenvalue weighted by molar-refractivity contribution is -0.127. The van der Waals surface area contributed by atoms with Crippen LogP contribution in [-0.4, -0.2) is 40.6 Å². The Hall–Kier alpha value is -3.59. The van der Waals surface area contributed by atoms with Crippen LogP contribution < -0.4 is 11.2 Å². The van der Waals surface area contributed by atoms with Crippen LogP contribution in [0.1, 0.15) is 42.0 Å². The van der Waals surface area contributed by atoms with Crippen molar-refractivity contribution in [2.75, 3.05) is 13.1 Å². The third-order valence-electron chi connectivity index (χ3n) is 6.66. The number of fused-ring (bicyclic) bond motifs is 1. The van der Waals surface area contributed by atoms with Crippen molar-refractivity contribution in [1.29, 1.82) is 0 Å². The van der Waals surface area contributed by atoms with Crippen LogP contribution in [-0.2, 0) is 20.9 Å². The predicted octanol–water partition coefficient (Wildman–Crippen LogP) is 2.43. The monoisotopic (exact) mass is 466 g/mol. The third-order valence-corrected chi connectivity index (χ3v) is 6.66. The van der Waals surface area contributed by atoms with Crippen molar-refractivity contribution < 1.29 is 23.2 Å². The minimum Gasteiger partial charge on any atom is -0.344 e. The number of amides is 2. The number of carbonyl (C=O) groups excluding carboxylic acids is 3. The number of hydrogen-bond donors (Lipinski definition) is 2. The first-order valence-corrected chi connectivity index (χ1v) is 11.2. The van der Waals surface area contributed by atoms with Gasteiger partial charge in [-0.15, -0.1) is 0 Å². The number of ketones is 1. The van der Waals surface area contributed by atoms with Gasteiger partial charge in [0.1, 0.15) is 17.4 Å². The number of Topliss-reactive ketones (excluding diaryl/α,β-unsaturated/α-hetero) is 1. The van der Waals surface area contributed by atoms with Crippen LogP contribution in [0.15, 0.2) is 48.2 Å². The number of nitrogens with zero attached hydrogens (tertiary/aromatic N) is 2. The summed E-state index contributed by atoms with van der Waals surface area (Å²) in [5.74, 6) is 4.21. The fourth-order valence-corrected chi connectivity index (χ4v) is 4.78. The van der Waals surface area contributed by atoms with Crippen LogP contribution in [0.5, 0.6) is 0 Å². The molecule has 34 heavy (non-hydrogen) atoms. The van der Waals surface area contributed by atoms with E-state index in [2.05, 4.69) is 5.32 Å². The molecule has 0 spiro atoms. The van der Waals surface area contributed by atoms with Crippen molar-refractivity contribution >= 4 is 23.2 Å². The van der Waals surface area contributed by atoms with E-state index in [-0.39, 0.29) is 42.3 Å². The number of benzene rings is 2. The van der Waals surface area contributed by atoms with E-state index < -0.39 is 29.5 Å². The van der Waals surface area contributed by atoms with Crippen molar-refractivity contribution in [2.24, 2.45) is 11.8 Å². The second-order valence-electron chi connectivity index (χ2n) is 8.92. The highest BCUT2D eigenvalue weighted by molar-refractivity contribution is 6.21. The molecular weight excluding hydrogens is 442 g/mol. The first-order valence-electron chi connectivity index (χ1n) is 11.2. The van der Waals surface area contributed by atoms with Crippen molar-refractivity contribution in [3.8, 4) is 0 Å². The van der Waals surface area contributed by atoms with Crippen molar-refractivity contribution in [2.45, 2.75) is 31.8 Å². The van der Waals surface area contributed by atoms with Gasteiger partial charge in [0.2, 0.25) is 5.91 Å². The Morgan fingerprint density at radius 1 is 1.18 bits per heavy atom. The minimum atomic E-state index is -0.733. The quantitative estimate of drug-likeness (QED) is 0.638. The molecule has 0 aromatic heterocycles. The molecule has 9 heteroatoms. The molecule has 0 bridgehead atoms. The molecule has 1 aliphatic carbocycles. The SMILES string of the molecule is NN1Cc2c(F)cccc2C(C(=O)N[C@H](c2cccc(F)c2)C2CC2=O)=C1CN1CCCC1=O. The molecule has 5 rings (SSSR count). The third kappa shape index (κ3) is 4.07. The summed E-state index contributed by atoms with van der Waals surface area (Å²) in [5.41, 5.74) is 1.68. The van der Waals surface area contributed by atoms with Gasteiger partial charge < -0.3 is 15.2 Å². The lowest BCUT2D eigenvalue weighted by Gasteiger charge is -2.34. The van der Waals surface area contributed by atoms with Crippen LogP contribution >= 0.6 is 0 Å². The fourth-order valence-electron chi connectivity index (χ4n) is 4.78. The summed E-state index contributed by atoms with van der Waals surface area (Å²) in [6.07, 6.45) is 1.43. The Kier molecular flexibility index (Phi) is 5.65. The van der Waals surface area contributed by atoms with Crippen molar-refractivity contribution in [1.82, 2.24) is 15.2 Å². The molecule has 2 atom stereocenters. The van der Waals surface area contributed by atoms with Gasteiger partial charge in [-0.2, -0.15) is 0 Å². The first kappa shape index (κ1) is 22.2. The molecule has 3 N–H and O–H groups in total. The number of carbonyl (C=O) groups is 3. The van der Waals surface area contributed by atoms with Crippen LogP contribution in [0.3, 0.4) is 0 Å². The molecule has 1 unspecified atom stereocenters. The molecule has 0 radical (unpaired) electrons. The summed E-state index contributed by atoms with van der Waals surface area (Å²) >= 11 is 0. The van der Waals surface area contributed by atoms with E-state index in [1.165, 1.54) is 35.3 Å². The molecular formula is C25H24F2N4O3. The zero-order chi connectivity index (χ0) is 24.0. The van der Waals surface area contributed by atoms with Crippen LogP contribution in [0.4, 0.5) is 8.78 Å². The summed E-state index contributed by atoms with van der Waals surface area (Å²) < 4.78 is 28.6. The summed E-state index contributed by atoms with van der Waals surface area (Å²) in [7, 11) is 0. The van der Waals surface area contributed by atoms with Gasteiger partial charge in [-0.1, -0.05) is 24.3 Å². The smallest absolute Gasteiger partial charge is 0.254 e. The Bertz CT molecular complexity index is 1230. The van der Waals surface area contributed by atoms with E-state index in [4.69, 9.17) is 5.84 Å². The van der Waals surface area contributed by atoms with Gasteiger partial charge in [-0.25, -0.2) is 14.6 Å². The average molecular weight is 466 g/mol. The Balaban J connectivity index is 1.56. The molecule has 2 heterocycles. The minimum absolute atomic E-state index is 0.0260. The zero-order valence-electron chi connectivity index (χ0n) is 18.4. The van der Waals surface area contributed by atoms with Gasteiger partial charge in [0.05, 0.1) is 30.4 Å². The molecule has 7 nitrogen and oxygen atoms in total. The molecule has 3 aliphatic rings. The zero-order valence-corrected chi connectivity index (χ0v) is 18.4. The van der Waals surface area contributed by atoms with Gasteiger partial charge in [-0.3, -0.25) is 14.4 Å².